The predicted molar refractivity (Wildman–Crippen MR) is 142 cm³/mol. The Kier molecular flexibility index (Phi) is 6.64. The van der Waals surface area contributed by atoms with Crippen molar-refractivity contribution in [2.24, 2.45) is 7.05 Å². The second-order valence-corrected chi connectivity index (χ2v) is 10.7. The second kappa shape index (κ2) is 9.76. The smallest absolute Gasteiger partial charge is 0.304 e. The molecular formula is C28H30ClN5O3. The van der Waals surface area contributed by atoms with Gasteiger partial charge in [0.05, 0.1) is 17.6 Å². The highest BCUT2D eigenvalue weighted by Gasteiger charge is 2.30. The van der Waals surface area contributed by atoms with Gasteiger partial charge in [-0.2, -0.15) is 0 Å². The van der Waals surface area contributed by atoms with Crippen molar-refractivity contribution >= 4 is 28.6 Å². The third-order valence-corrected chi connectivity index (χ3v) is 7.28. The van der Waals surface area contributed by atoms with Gasteiger partial charge in [0.25, 0.3) is 0 Å². The van der Waals surface area contributed by atoms with Gasteiger partial charge >= 0.3 is 5.97 Å². The highest BCUT2D eigenvalue weighted by atomic mass is 35.5. The Bertz CT molecular complexity index is 1480. The standard InChI is InChI=1S/C28H30ClN5O3/c1-17-20(8-10-24-27(17)31-32-33(24)4)21(13-26(35)36)18-7-9-22(29)19(12-18)14-34-15-23-25(6-5-11-30-23)37-28(2,3)16-34/h5-12,21H,13-16H2,1-4H3,(H,35,36)/t21-/m0/s1. The lowest BCUT2D eigenvalue weighted by molar-refractivity contribution is -0.137. The van der Waals surface area contributed by atoms with Crippen LogP contribution in [0.4, 0.5) is 0 Å². The molecule has 1 atom stereocenters. The monoisotopic (exact) mass is 519 g/mol. The largest absolute Gasteiger partial charge is 0.485 e. The van der Waals surface area contributed by atoms with Crippen LogP contribution in [0, 0.1) is 6.92 Å². The summed E-state index contributed by atoms with van der Waals surface area (Å²) in [5.41, 5.74) is 5.85. The van der Waals surface area contributed by atoms with Gasteiger partial charge in [0.2, 0.25) is 0 Å². The van der Waals surface area contributed by atoms with Crippen molar-refractivity contribution in [2.45, 2.75) is 51.8 Å². The summed E-state index contributed by atoms with van der Waals surface area (Å²) in [5, 5.41) is 18.9. The molecule has 2 aromatic carbocycles. The maximum absolute atomic E-state index is 11.9. The first-order chi connectivity index (χ1) is 17.6. The molecule has 3 heterocycles. The fraction of sp³-hybridized carbons (Fsp3) is 0.357. The molecule has 0 fully saturated rings. The molecule has 2 aromatic heterocycles. The molecule has 37 heavy (non-hydrogen) atoms. The van der Waals surface area contributed by atoms with Gasteiger partial charge in [0, 0.05) is 43.8 Å². The van der Waals surface area contributed by atoms with Crippen molar-refractivity contribution < 1.29 is 14.6 Å². The molecule has 1 aliphatic heterocycles. The zero-order valence-electron chi connectivity index (χ0n) is 21.4. The number of ether oxygens (including phenoxy) is 1. The lowest BCUT2D eigenvalue weighted by Crippen LogP contribution is -2.40. The predicted octanol–water partition coefficient (Wildman–Crippen LogP) is 5.10. The van der Waals surface area contributed by atoms with E-state index in [1.54, 1.807) is 10.9 Å². The molecule has 1 N–H and O–H groups in total. The molecule has 192 valence electrons. The summed E-state index contributed by atoms with van der Waals surface area (Å²) in [5.74, 6) is -0.424. The number of halogens is 1. The Morgan fingerprint density at radius 1 is 1.24 bits per heavy atom. The lowest BCUT2D eigenvalue weighted by Gasteiger charge is -2.30. The number of aromatic nitrogens is 4. The van der Waals surface area contributed by atoms with Gasteiger partial charge in [-0.1, -0.05) is 35.0 Å². The maximum atomic E-state index is 11.9. The molecule has 0 radical (unpaired) electrons. The van der Waals surface area contributed by atoms with Gasteiger partial charge in [-0.05, 0) is 67.3 Å². The number of rotatable bonds is 6. The number of nitrogens with zero attached hydrogens (tertiary/aromatic N) is 5. The number of aliphatic carboxylic acids is 1. The van der Waals surface area contributed by atoms with E-state index in [0.29, 0.717) is 24.7 Å². The van der Waals surface area contributed by atoms with E-state index >= 15 is 0 Å². The number of fused-ring (bicyclic) bond motifs is 2. The van der Waals surface area contributed by atoms with Gasteiger partial charge in [0.1, 0.15) is 16.9 Å². The maximum Gasteiger partial charge on any atom is 0.304 e. The van der Waals surface area contributed by atoms with Gasteiger partial charge in [-0.15, -0.1) is 5.10 Å². The third-order valence-electron chi connectivity index (χ3n) is 6.91. The molecule has 0 unspecified atom stereocenters. The Labute approximate surface area is 220 Å². The first kappa shape index (κ1) is 25.2. The first-order valence-corrected chi connectivity index (χ1v) is 12.6. The van der Waals surface area contributed by atoms with E-state index in [0.717, 1.165) is 44.7 Å². The molecule has 0 amide bonds. The number of carboxylic acids is 1. The van der Waals surface area contributed by atoms with Crippen LogP contribution < -0.4 is 4.74 Å². The molecular weight excluding hydrogens is 490 g/mol. The van der Waals surface area contributed by atoms with Crippen LogP contribution in [0.3, 0.4) is 0 Å². The van der Waals surface area contributed by atoms with E-state index in [9.17, 15) is 9.90 Å². The molecule has 8 nitrogen and oxygen atoms in total. The molecule has 0 bridgehead atoms. The minimum Gasteiger partial charge on any atom is -0.485 e. The summed E-state index contributed by atoms with van der Waals surface area (Å²) in [6.07, 6.45) is 1.73. The van der Waals surface area contributed by atoms with Crippen LogP contribution in [-0.4, -0.2) is 48.1 Å². The topological polar surface area (TPSA) is 93.4 Å². The van der Waals surface area contributed by atoms with Crippen LogP contribution in [0.2, 0.25) is 5.02 Å². The average molecular weight is 520 g/mol. The van der Waals surface area contributed by atoms with Crippen LogP contribution in [0.5, 0.6) is 5.75 Å². The van der Waals surface area contributed by atoms with Gasteiger partial charge in [0.15, 0.2) is 0 Å². The van der Waals surface area contributed by atoms with Crippen molar-refractivity contribution in [1.82, 2.24) is 24.9 Å². The van der Waals surface area contributed by atoms with Gasteiger partial charge in [-0.3, -0.25) is 14.7 Å². The van der Waals surface area contributed by atoms with Gasteiger partial charge < -0.3 is 9.84 Å². The third kappa shape index (κ3) is 5.17. The van der Waals surface area contributed by atoms with Crippen LogP contribution in [0.25, 0.3) is 11.0 Å². The minimum atomic E-state index is -0.866. The quantitative estimate of drug-likeness (QED) is 0.378. The molecule has 9 heteroatoms. The lowest BCUT2D eigenvalue weighted by atomic mass is 9.85. The van der Waals surface area contributed by atoms with Crippen LogP contribution >= 0.6 is 11.6 Å². The van der Waals surface area contributed by atoms with E-state index in [2.05, 4.69) is 34.0 Å². The number of pyridine rings is 1. The van der Waals surface area contributed by atoms with Crippen molar-refractivity contribution in [3.05, 3.63) is 81.6 Å². The molecule has 1 aliphatic rings. The van der Waals surface area contributed by atoms with Crippen molar-refractivity contribution in [1.29, 1.82) is 0 Å². The number of hydrogen-bond donors (Lipinski definition) is 1. The first-order valence-electron chi connectivity index (χ1n) is 12.3. The number of aryl methyl sites for hydroxylation is 2. The molecule has 0 aliphatic carbocycles. The SMILES string of the molecule is Cc1c([C@@H](CC(=O)O)c2ccc(Cl)c(CN3Cc4ncccc4OC(C)(C)C3)c2)ccc2c1nnn2C. The van der Waals surface area contributed by atoms with Crippen LogP contribution in [0.15, 0.2) is 48.7 Å². The van der Waals surface area contributed by atoms with E-state index < -0.39 is 11.6 Å². The zero-order chi connectivity index (χ0) is 26.3. The van der Waals surface area contributed by atoms with Crippen molar-refractivity contribution in [2.75, 3.05) is 6.54 Å². The zero-order valence-corrected chi connectivity index (χ0v) is 22.2. The summed E-state index contributed by atoms with van der Waals surface area (Å²) < 4.78 is 7.96. The second-order valence-electron chi connectivity index (χ2n) is 10.3. The number of hydrogen-bond acceptors (Lipinski definition) is 6. The van der Waals surface area contributed by atoms with E-state index in [4.69, 9.17) is 16.3 Å². The molecule has 0 saturated heterocycles. The number of benzene rings is 2. The Hall–Kier alpha value is -3.49. The average Bonchev–Trinajstić information content (AvgIpc) is 3.15. The summed E-state index contributed by atoms with van der Waals surface area (Å²) in [7, 11) is 1.84. The Morgan fingerprint density at radius 3 is 2.84 bits per heavy atom. The highest BCUT2D eigenvalue weighted by Crippen LogP contribution is 2.36. The summed E-state index contributed by atoms with van der Waals surface area (Å²) in [4.78, 5) is 18.8. The molecule has 0 spiro atoms. The molecule has 5 rings (SSSR count). The fourth-order valence-electron chi connectivity index (χ4n) is 5.26. The number of carbonyl (C=O) groups is 1. The van der Waals surface area contributed by atoms with E-state index in [1.165, 1.54) is 0 Å². The van der Waals surface area contributed by atoms with E-state index in [1.807, 2.05) is 56.4 Å². The summed E-state index contributed by atoms with van der Waals surface area (Å²) in [6.45, 7) is 7.99. The number of carboxylic acid groups (broad SMARTS) is 1. The Balaban J connectivity index is 1.51. The van der Waals surface area contributed by atoms with Crippen LogP contribution in [0.1, 0.15) is 54.1 Å². The van der Waals surface area contributed by atoms with Crippen molar-refractivity contribution in [3.8, 4) is 5.75 Å². The normalized spacial score (nSPS) is 16.1. The van der Waals surface area contributed by atoms with Gasteiger partial charge in [-0.25, -0.2) is 4.68 Å². The minimum absolute atomic E-state index is 0.0461. The summed E-state index contributed by atoms with van der Waals surface area (Å²) >= 11 is 6.69. The van der Waals surface area contributed by atoms with Crippen molar-refractivity contribution in [3.63, 3.8) is 0 Å². The molecule has 4 aromatic rings. The summed E-state index contributed by atoms with van der Waals surface area (Å²) in [6, 6.07) is 13.6. The van der Waals surface area contributed by atoms with Crippen LogP contribution in [-0.2, 0) is 24.9 Å². The molecule has 0 saturated carbocycles. The highest BCUT2D eigenvalue weighted by molar-refractivity contribution is 6.31. The fourth-order valence-corrected chi connectivity index (χ4v) is 5.44. The van der Waals surface area contributed by atoms with E-state index in [-0.39, 0.29) is 12.3 Å². The Morgan fingerprint density at radius 2 is 2.05 bits per heavy atom.